The molecule has 3 aromatic rings. The number of fused-ring (bicyclic) bond motifs is 1. The first-order valence-corrected chi connectivity index (χ1v) is 7.76. The summed E-state index contributed by atoms with van der Waals surface area (Å²) in [5, 5.41) is 2.50. The molecular formula is C20H21NO. The third kappa shape index (κ3) is 3.46. The van der Waals surface area contributed by atoms with Gasteiger partial charge in [0.2, 0.25) is 0 Å². The van der Waals surface area contributed by atoms with Crippen LogP contribution in [0.15, 0.2) is 72.8 Å². The molecule has 0 radical (unpaired) electrons. The van der Waals surface area contributed by atoms with E-state index in [1.165, 1.54) is 16.3 Å². The number of hydrogen-bond donors (Lipinski definition) is 1. The minimum atomic E-state index is 0.0467. The summed E-state index contributed by atoms with van der Waals surface area (Å²) in [4.78, 5) is 0. The van der Waals surface area contributed by atoms with Crippen LogP contribution in [0.3, 0.4) is 0 Å². The SMILES string of the molecule is NC(CCCOc1ccccc1)c1cccc2ccccc12. The van der Waals surface area contributed by atoms with Gasteiger partial charge in [0.05, 0.1) is 6.61 Å². The van der Waals surface area contributed by atoms with Crippen molar-refractivity contribution < 1.29 is 4.74 Å². The van der Waals surface area contributed by atoms with E-state index in [2.05, 4.69) is 42.5 Å². The van der Waals surface area contributed by atoms with Gasteiger partial charge in [0, 0.05) is 6.04 Å². The Bertz CT molecular complexity index is 719. The van der Waals surface area contributed by atoms with Crippen molar-refractivity contribution in [1.29, 1.82) is 0 Å². The predicted octanol–water partition coefficient (Wildman–Crippen LogP) is 4.70. The summed E-state index contributed by atoms with van der Waals surface area (Å²) in [5.74, 6) is 0.918. The number of para-hydroxylation sites is 1. The molecule has 22 heavy (non-hydrogen) atoms. The molecule has 1 atom stereocenters. The van der Waals surface area contributed by atoms with Gasteiger partial charge in [-0.05, 0) is 41.3 Å². The number of rotatable bonds is 6. The average Bonchev–Trinajstić information content (AvgIpc) is 2.59. The van der Waals surface area contributed by atoms with Crippen molar-refractivity contribution in [2.75, 3.05) is 6.61 Å². The van der Waals surface area contributed by atoms with E-state index in [4.69, 9.17) is 10.5 Å². The molecule has 2 nitrogen and oxygen atoms in total. The van der Waals surface area contributed by atoms with Crippen LogP contribution in [0, 0.1) is 0 Å². The molecule has 3 aromatic carbocycles. The fraction of sp³-hybridized carbons (Fsp3) is 0.200. The molecule has 0 fully saturated rings. The van der Waals surface area contributed by atoms with Gasteiger partial charge in [-0.25, -0.2) is 0 Å². The topological polar surface area (TPSA) is 35.2 Å². The van der Waals surface area contributed by atoms with E-state index in [1.807, 2.05) is 30.3 Å². The Morgan fingerprint density at radius 3 is 2.41 bits per heavy atom. The van der Waals surface area contributed by atoms with Crippen molar-refractivity contribution in [3.8, 4) is 5.75 Å². The molecule has 0 aliphatic rings. The molecule has 0 aliphatic carbocycles. The highest BCUT2D eigenvalue weighted by molar-refractivity contribution is 5.86. The first kappa shape index (κ1) is 14.6. The van der Waals surface area contributed by atoms with Gasteiger partial charge in [-0.15, -0.1) is 0 Å². The van der Waals surface area contributed by atoms with Crippen LogP contribution >= 0.6 is 0 Å². The maximum absolute atomic E-state index is 6.38. The number of ether oxygens (including phenoxy) is 1. The van der Waals surface area contributed by atoms with Gasteiger partial charge in [0.25, 0.3) is 0 Å². The summed E-state index contributed by atoms with van der Waals surface area (Å²) >= 11 is 0. The second kappa shape index (κ2) is 7.10. The second-order valence-corrected chi connectivity index (χ2v) is 5.48. The minimum Gasteiger partial charge on any atom is -0.494 e. The van der Waals surface area contributed by atoms with Crippen LogP contribution in [0.1, 0.15) is 24.4 Å². The zero-order valence-electron chi connectivity index (χ0n) is 12.6. The van der Waals surface area contributed by atoms with E-state index in [0.717, 1.165) is 18.6 Å². The molecule has 0 saturated carbocycles. The summed E-state index contributed by atoms with van der Waals surface area (Å²) in [5.41, 5.74) is 7.61. The average molecular weight is 291 g/mol. The molecule has 0 aromatic heterocycles. The molecule has 3 rings (SSSR count). The monoisotopic (exact) mass is 291 g/mol. The van der Waals surface area contributed by atoms with Crippen LogP contribution in [0.2, 0.25) is 0 Å². The standard InChI is InChI=1S/C20H21NO/c21-20(14-7-15-22-17-10-2-1-3-11-17)19-13-6-9-16-8-4-5-12-18(16)19/h1-6,8-13,20H,7,14-15,21H2. The van der Waals surface area contributed by atoms with Crippen molar-refractivity contribution in [3.05, 3.63) is 78.4 Å². The van der Waals surface area contributed by atoms with Gasteiger partial charge in [-0.2, -0.15) is 0 Å². The van der Waals surface area contributed by atoms with Crippen LogP contribution < -0.4 is 10.5 Å². The van der Waals surface area contributed by atoms with E-state index in [-0.39, 0.29) is 6.04 Å². The van der Waals surface area contributed by atoms with Crippen LogP contribution in [0.5, 0.6) is 5.75 Å². The quantitative estimate of drug-likeness (QED) is 0.668. The van der Waals surface area contributed by atoms with Crippen molar-refractivity contribution in [1.82, 2.24) is 0 Å². The number of hydrogen-bond acceptors (Lipinski definition) is 2. The van der Waals surface area contributed by atoms with E-state index < -0.39 is 0 Å². The molecule has 0 spiro atoms. The Balaban J connectivity index is 1.58. The summed E-state index contributed by atoms with van der Waals surface area (Å²) < 4.78 is 5.72. The molecule has 0 saturated heterocycles. The summed E-state index contributed by atoms with van der Waals surface area (Å²) in [7, 11) is 0. The smallest absolute Gasteiger partial charge is 0.119 e. The van der Waals surface area contributed by atoms with Crippen molar-refractivity contribution >= 4 is 10.8 Å². The van der Waals surface area contributed by atoms with Gasteiger partial charge < -0.3 is 10.5 Å². The molecule has 2 heteroatoms. The third-order valence-electron chi connectivity index (χ3n) is 3.89. The largest absolute Gasteiger partial charge is 0.494 e. The lowest BCUT2D eigenvalue weighted by molar-refractivity contribution is 0.302. The lowest BCUT2D eigenvalue weighted by Gasteiger charge is -2.15. The van der Waals surface area contributed by atoms with Crippen molar-refractivity contribution in [2.24, 2.45) is 5.73 Å². The first-order valence-electron chi connectivity index (χ1n) is 7.76. The first-order chi connectivity index (χ1) is 10.8. The van der Waals surface area contributed by atoms with E-state index in [9.17, 15) is 0 Å². The van der Waals surface area contributed by atoms with Crippen LogP contribution in [-0.4, -0.2) is 6.61 Å². The summed E-state index contributed by atoms with van der Waals surface area (Å²) in [6.45, 7) is 0.697. The Morgan fingerprint density at radius 2 is 1.55 bits per heavy atom. The van der Waals surface area contributed by atoms with Crippen molar-refractivity contribution in [2.45, 2.75) is 18.9 Å². The maximum atomic E-state index is 6.38. The molecule has 1 unspecified atom stereocenters. The normalized spacial score (nSPS) is 12.2. The Kier molecular flexibility index (Phi) is 4.71. The van der Waals surface area contributed by atoms with E-state index >= 15 is 0 Å². The number of nitrogens with two attached hydrogens (primary N) is 1. The fourth-order valence-corrected chi connectivity index (χ4v) is 2.74. The van der Waals surface area contributed by atoms with E-state index in [1.54, 1.807) is 0 Å². The Labute approximate surface area is 131 Å². The molecule has 2 N–H and O–H groups in total. The minimum absolute atomic E-state index is 0.0467. The molecule has 0 aliphatic heterocycles. The predicted molar refractivity (Wildman–Crippen MR) is 92.0 cm³/mol. The highest BCUT2D eigenvalue weighted by Crippen LogP contribution is 2.25. The summed E-state index contributed by atoms with van der Waals surface area (Å²) in [6, 6.07) is 24.7. The molecule has 0 heterocycles. The van der Waals surface area contributed by atoms with Crippen LogP contribution in [0.25, 0.3) is 10.8 Å². The van der Waals surface area contributed by atoms with Crippen LogP contribution in [-0.2, 0) is 0 Å². The van der Waals surface area contributed by atoms with E-state index in [0.29, 0.717) is 6.61 Å². The lowest BCUT2D eigenvalue weighted by Crippen LogP contribution is -2.12. The van der Waals surface area contributed by atoms with Gasteiger partial charge in [-0.1, -0.05) is 60.7 Å². The fourth-order valence-electron chi connectivity index (χ4n) is 2.74. The van der Waals surface area contributed by atoms with Crippen LogP contribution in [0.4, 0.5) is 0 Å². The van der Waals surface area contributed by atoms with Crippen molar-refractivity contribution in [3.63, 3.8) is 0 Å². The Morgan fingerprint density at radius 1 is 0.818 bits per heavy atom. The Hall–Kier alpha value is -2.32. The zero-order chi connectivity index (χ0) is 15.2. The third-order valence-corrected chi connectivity index (χ3v) is 3.89. The molecule has 0 bridgehead atoms. The van der Waals surface area contributed by atoms with Gasteiger partial charge in [0.15, 0.2) is 0 Å². The highest BCUT2D eigenvalue weighted by Gasteiger charge is 2.09. The number of benzene rings is 3. The van der Waals surface area contributed by atoms with Gasteiger partial charge in [-0.3, -0.25) is 0 Å². The zero-order valence-corrected chi connectivity index (χ0v) is 12.6. The molecule has 112 valence electrons. The highest BCUT2D eigenvalue weighted by atomic mass is 16.5. The molecular weight excluding hydrogens is 270 g/mol. The lowest BCUT2D eigenvalue weighted by atomic mass is 9.96. The molecule has 0 amide bonds. The maximum Gasteiger partial charge on any atom is 0.119 e. The second-order valence-electron chi connectivity index (χ2n) is 5.48. The summed E-state index contributed by atoms with van der Waals surface area (Å²) in [6.07, 6.45) is 1.86. The van der Waals surface area contributed by atoms with Gasteiger partial charge in [0.1, 0.15) is 5.75 Å². The van der Waals surface area contributed by atoms with Gasteiger partial charge >= 0.3 is 0 Å².